The molecule has 4 rings (SSSR count). The predicted octanol–water partition coefficient (Wildman–Crippen LogP) is 3.33. The maximum atomic E-state index is 5.49. The molecule has 1 saturated heterocycles. The van der Waals surface area contributed by atoms with E-state index in [-0.39, 0.29) is 0 Å². The number of nitrogens with zero attached hydrogens (tertiary/aromatic N) is 1. The van der Waals surface area contributed by atoms with Crippen LogP contribution in [-0.2, 0) is 11.3 Å². The van der Waals surface area contributed by atoms with Gasteiger partial charge in [-0.2, -0.15) is 0 Å². The van der Waals surface area contributed by atoms with Crippen LogP contribution >= 0.6 is 0 Å². The highest BCUT2D eigenvalue weighted by atomic mass is 16.5. The predicted molar refractivity (Wildman–Crippen MR) is 102 cm³/mol. The van der Waals surface area contributed by atoms with E-state index in [2.05, 4.69) is 69.8 Å². The molecule has 1 aliphatic heterocycles. The molecule has 0 amide bonds. The van der Waals surface area contributed by atoms with Crippen LogP contribution in [0.3, 0.4) is 0 Å². The van der Waals surface area contributed by atoms with Gasteiger partial charge in [0.05, 0.1) is 13.2 Å². The highest BCUT2D eigenvalue weighted by Gasteiger charge is 2.18. The molecule has 4 heteroatoms. The van der Waals surface area contributed by atoms with Crippen molar-refractivity contribution in [3.63, 3.8) is 0 Å². The van der Waals surface area contributed by atoms with Crippen molar-refractivity contribution in [2.75, 3.05) is 32.8 Å². The van der Waals surface area contributed by atoms with Gasteiger partial charge >= 0.3 is 0 Å². The van der Waals surface area contributed by atoms with Crippen molar-refractivity contribution in [1.82, 2.24) is 15.2 Å². The number of benzene rings is 2. The number of H-pyrrole nitrogens is 1. The highest BCUT2D eigenvalue weighted by molar-refractivity contribution is 5.82. The molecule has 25 heavy (non-hydrogen) atoms. The van der Waals surface area contributed by atoms with Crippen LogP contribution in [0.15, 0.2) is 60.8 Å². The zero-order valence-electron chi connectivity index (χ0n) is 14.4. The van der Waals surface area contributed by atoms with Crippen molar-refractivity contribution in [2.24, 2.45) is 0 Å². The van der Waals surface area contributed by atoms with Gasteiger partial charge in [0.2, 0.25) is 0 Å². The molecule has 0 saturated carbocycles. The van der Waals surface area contributed by atoms with Crippen LogP contribution < -0.4 is 5.32 Å². The Hall–Kier alpha value is -2.14. The first-order valence-electron chi connectivity index (χ1n) is 9.03. The van der Waals surface area contributed by atoms with Crippen molar-refractivity contribution in [3.8, 4) is 0 Å². The second-order valence-corrected chi connectivity index (χ2v) is 6.61. The van der Waals surface area contributed by atoms with E-state index in [4.69, 9.17) is 4.74 Å². The normalized spacial score (nSPS) is 17.0. The fourth-order valence-corrected chi connectivity index (χ4v) is 3.55. The number of aromatic amines is 1. The van der Waals surface area contributed by atoms with Gasteiger partial charge in [0, 0.05) is 49.3 Å². The Morgan fingerprint density at radius 2 is 1.84 bits per heavy atom. The van der Waals surface area contributed by atoms with E-state index in [1.807, 2.05) is 6.20 Å². The average Bonchev–Trinajstić information content (AvgIpc) is 3.16. The Morgan fingerprint density at radius 3 is 2.68 bits per heavy atom. The molecule has 0 aliphatic carbocycles. The summed E-state index contributed by atoms with van der Waals surface area (Å²) in [7, 11) is 0. The van der Waals surface area contributed by atoms with Crippen molar-refractivity contribution in [2.45, 2.75) is 12.6 Å². The van der Waals surface area contributed by atoms with E-state index >= 15 is 0 Å². The molecule has 1 atom stereocenters. The van der Waals surface area contributed by atoms with Gasteiger partial charge < -0.3 is 15.0 Å². The first kappa shape index (κ1) is 16.3. The SMILES string of the molecule is c1ccc(C(CN2CCOCC2)NCc2cccc3[nH]ccc23)cc1. The topological polar surface area (TPSA) is 40.3 Å². The van der Waals surface area contributed by atoms with Gasteiger partial charge in [-0.1, -0.05) is 42.5 Å². The second-order valence-electron chi connectivity index (χ2n) is 6.61. The fraction of sp³-hybridized carbons (Fsp3) is 0.333. The lowest BCUT2D eigenvalue weighted by Crippen LogP contribution is -2.41. The van der Waals surface area contributed by atoms with Crippen molar-refractivity contribution >= 4 is 10.9 Å². The Morgan fingerprint density at radius 1 is 1.00 bits per heavy atom. The number of morpholine rings is 1. The van der Waals surface area contributed by atoms with Gasteiger partial charge in [0.15, 0.2) is 0 Å². The molecule has 2 aromatic carbocycles. The van der Waals surface area contributed by atoms with Crippen molar-refractivity contribution < 1.29 is 4.74 Å². The molecule has 0 radical (unpaired) electrons. The minimum Gasteiger partial charge on any atom is -0.379 e. The lowest BCUT2D eigenvalue weighted by molar-refractivity contribution is 0.0333. The van der Waals surface area contributed by atoms with Gasteiger partial charge in [-0.3, -0.25) is 4.90 Å². The number of fused-ring (bicyclic) bond motifs is 1. The summed E-state index contributed by atoms with van der Waals surface area (Å²) < 4.78 is 5.49. The summed E-state index contributed by atoms with van der Waals surface area (Å²) in [5.41, 5.74) is 3.88. The van der Waals surface area contributed by atoms with Gasteiger partial charge in [-0.05, 0) is 23.3 Å². The van der Waals surface area contributed by atoms with E-state index in [9.17, 15) is 0 Å². The summed E-state index contributed by atoms with van der Waals surface area (Å²) >= 11 is 0. The molecule has 1 fully saturated rings. The number of aromatic nitrogens is 1. The van der Waals surface area contributed by atoms with Crippen molar-refractivity contribution in [3.05, 3.63) is 71.9 Å². The van der Waals surface area contributed by atoms with Gasteiger partial charge in [-0.25, -0.2) is 0 Å². The van der Waals surface area contributed by atoms with Gasteiger partial charge in [0.1, 0.15) is 0 Å². The van der Waals surface area contributed by atoms with Crippen LogP contribution in [0.5, 0.6) is 0 Å². The number of hydrogen-bond donors (Lipinski definition) is 2. The van der Waals surface area contributed by atoms with E-state index < -0.39 is 0 Å². The molecule has 2 heterocycles. The third-order valence-corrected chi connectivity index (χ3v) is 4.97. The molecule has 1 aromatic heterocycles. The minimum absolute atomic E-state index is 0.313. The molecule has 130 valence electrons. The minimum atomic E-state index is 0.313. The standard InChI is InChI=1S/C21H25N3O/c1-2-5-17(6-3-1)21(16-24-11-13-25-14-12-24)23-15-18-7-4-8-20-19(18)9-10-22-20/h1-10,21-23H,11-16H2. The Bertz CT molecular complexity index is 793. The zero-order valence-corrected chi connectivity index (χ0v) is 14.4. The molecule has 0 bridgehead atoms. The maximum Gasteiger partial charge on any atom is 0.0594 e. The van der Waals surface area contributed by atoms with Crippen LogP contribution in [0.2, 0.25) is 0 Å². The quantitative estimate of drug-likeness (QED) is 0.726. The van der Waals surface area contributed by atoms with E-state index in [0.29, 0.717) is 6.04 Å². The van der Waals surface area contributed by atoms with Crippen LogP contribution in [0, 0.1) is 0 Å². The molecule has 1 aliphatic rings. The number of hydrogen-bond acceptors (Lipinski definition) is 3. The van der Waals surface area contributed by atoms with Crippen LogP contribution in [0.4, 0.5) is 0 Å². The third kappa shape index (κ3) is 3.93. The second kappa shape index (κ2) is 7.83. The first-order valence-corrected chi connectivity index (χ1v) is 9.03. The summed E-state index contributed by atoms with van der Waals surface area (Å²) in [4.78, 5) is 5.79. The first-order chi connectivity index (χ1) is 12.4. The molecule has 3 aromatic rings. The average molecular weight is 335 g/mol. The van der Waals surface area contributed by atoms with Gasteiger partial charge in [0.25, 0.3) is 0 Å². The number of rotatable bonds is 6. The molecular formula is C21H25N3O. The largest absolute Gasteiger partial charge is 0.379 e. The van der Waals surface area contributed by atoms with Crippen molar-refractivity contribution in [1.29, 1.82) is 0 Å². The van der Waals surface area contributed by atoms with E-state index in [1.54, 1.807) is 0 Å². The molecule has 2 N–H and O–H groups in total. The molecule has 4 nitrogen and oxygen atoms in total. The summed E-state index contributed by atoms with van der Waals surface area (Å²) in [6, 6.07) is 19.7. The summed E-state index contributed by atoms with van der Waals surface area (Å²) in [5, 5.41) is 5.08. The smallest absolute Gasteiger partial charge is 0.0594 e. The van der Waals surface area contributed by atoms with Crippen LogP contribution in [0.25, 0.3) is 10.9 Å². The Balaban J connectivity index is 1.50. The monoisotopic (exact) mass is 335 g/mol. The third-order valence-electron chi connectivity index (χ3n) is 4.97. The Kier molecular flexibility index (Phi) is 5.11. The van der Waals surface area contributed by atoms with Crippen LogP contribution in [-0.4, -0.2) is 42.7 Å². The van der Waals surface area contributed by atoms with E-state index in [0.717, 1.165) is 39.4 Å². The summed E-state index contributed by atoms with van der Waals surface area (Å²) in [6.07, 6.45) is 2.01. The molecular weight excluding hydrogens is 310 g/mol. The van der Waals surface area contributed by atoms with Gasteiger partial charge in [-0.15, -0.1) is 0 Å². The summed E-state index contributed by atoms with van der Waals surface area (Å²) in [5.74, 6) is 0. The zero-order chi connectivity index (χ0) is 16.9. The lowest BCUT2D eigenvalue weighted by atomic mass is 10.0. The number of ether oxygens (including phenoxy) is 1. The molecule has 0 spiro atoms. The number of nitrogens with one attached hydrogen (secondary N) is 2. The fourth-order valence-electron chi connectivity index (χ4n) is 3.55. The lowest BCUT2D eigenvalue weighted by Gasteiger charge is -2.31. The van der Waals surface area contributed by atoms with E-state index in [1.165, 1.54) is 22.0 Å². The Labute approximate surface area is 148 Å². The highest BCUT2D eigenvalue weighted by Crippen LogP contribution is 2.20. The maximum absolute atomic E-state index is 5.49. The molecule has 1 unspecified atom stereocenters. The summed E-state index contributed by atoms with van der Waals surface area (Å²) in [6.45, 7) is 5.57. The van der Waals surface area contributed by atoms with Crippen LogP contribution in [0.1, 0.15) is 17.2 Å².